The molecule has 9 atom stereocenters. The predicted octanol–water partition coefficient (Wildman–Crippen LogP) is -0.506. The molecule has 2 N–H and O–H groups in total. The van der Waals surface area contributed by atoms with Gasteiger partial charge in [-0.3, -0.25) is 4.79 Å². The fraction of sp³-hybridized carbons (Fsp3) is 0.800. The van der Waals surface area contributed by atoms with E-state index in [1.54, 1.807) is 6.92 Å². The predicted molar refractivity (Wildman–Crippen MR) is 101 cm³/mol. The van der Waals surface area contributed by atoms with Crippen LogP contribution < -0.4 is 0 Å². The summed E-state index contributed by atoms with van der Waals surface area (Å²) in [5.74, 6) is -2.17. The summed E-state index contributed by atoms with van der Waals surface area (Å²) >= 11 is 0. The third-order valence-electron chi connectivity index (χ3n) is 7.99. The SMILES string of the molecule is C[C@]12C3=CC(=O)O[C@H]([C@@](C)(O)CS(C)(=O)=O)[C@]34O[C@@H]4[C@H]3OC(=O)[C@@](C)(CC[C@H]1O)[C@H]32. The number of aliphatic hydroxyl groups is 2. The van der Waals surface area contributed by atoms with Gasteiger partial charge < -0.3 is 24.4 Å². The molecule has 0 aromatic carbocycles. The lowest BCUT2D eigenvalue weighted by Crippen LogP contribution is -2.67. The molecule has 0 unspecified atom stereocenters. The van der Waals surface area contributed by atoms with Gasteiger partial charge in [-0.2, -0.15) is 0 Å². The van der Waals surface area contributed by atoms with Crippen LogP contribution >= 0.6 is 0 Å². The first kappa shape index (κ1) is 20.4. The van der Waals surface area contributed by atoms with Gasteiger partial charge in [0.15, 0.2) is 11.7 Å². The second kappa shape index (κ2) is 5.46. The first-order valence-corrected chi connectivity index (χ1v) is 12.1. The highest BCUT2D eigenvalue weighted by atomic mass is 32.2. The van der Waals surface area contributed by atoms with Crippen LogP contribution in [0.15, 0.2) is 11.6 Å². The van der Waals surface area contributed by atoms with Gasteiger partial charge in [-0.1, -0.05) is 6.92 Å². The highest BCUT2D eigenvalue weighted by molar-refractivity contribution is 7.90. The average molecular weight is 442 g/mol. The van der Waals surface area contributed by atoms with Gasteiger partial charge in [0.1, 0.15) is 27.6 Å². The molecule has 0 aromatic rings. The summed E-state index contributed by atoms with van der Waals surface area (Å²) < 4.78 is 41.1. The molecule has 3 aliphatic heterocycles. The van der Waals surface area contributed by atoms with Crippen molar-refractivity contribution in [3.8, 4) is 0 Å². The molecule has 9 nitrogen and oxygen atoms in total. The van der Waals surface area contributed by atoms with E-state index in [4.69, 9.17) is 14.2 Å². The van der Waals surface area contributed by atoms with Gasteiger partial charge in [-0.15, -0.1) is 0 Å². The van der Waals surface area contributed by atoms with Crippen molar-refractivity contribution in [2.24, 2.45) is 16.7 Å². The third kappa shape index (κ3) is 2.25. The Hall–Kier alpha value is -1.49. The number of cyclic esters (lactones) is 1. The Morgan fingerprint density at radius 2 is 1.93 bits per heavy atom. The van der Waals surface area contributed by atoms with Crippen LogP contribution in [0.3, 0.4) is 0 Å². The number of carbonyl (C=O) groups is 2. The largest absolute Gasteiger partial charge is 0.459 e. The lowest BCUT2D eigenvalue weighted by molar-refractivity contribution is -0.172. The lowest BCUT2D eigenvalue weighted by atomic mass is 9.46. The second-order valence-electron chi connectivity index (χ2n) is 10.2. The molecule has 10 heteroatoms. The summed E-state index contributed by atoms with van der Waals surface area (Å²) in [5.41, 5.74) is -4.71. The van der Waals surface area contributed by atoms with Crippen molar-refractivity contribution in [2.45, 2.75) is 69.2 Å². The Kier molecular flexibility index (Phi) is 3.71. The van der Waals surface area contributed by atoms with Crippen molar-refractivity contribution in [3.63, 3.8) is 0 Å². The smallest absolute Gasteiger partial charge is 0.331 e. The summed E-state index contributed by atoms with van der Waals surface area (Å²) in [7, 11) is -3.62. The van der Waals surface area contributed by atoms with Crippen LogP contribution in [0.4, 0.5) is 0 Å². The Morgan fingerprint density at radius 1 is 1.27 bits per heavy atom. The molecule has 2 saturated carbocycles. The minimum atomic E-state index is -3.62. The van der Waals surface area contributed by atoms with Crippen molar-refractivity contribution in [1.29, 1.82) is 0 Å². The van der Waals surface area contributed by atoms with Crippen LogP contribution in [0.1, 0.15) is 33.6 Å². The molecule has 166 valence electrons. The number of carbonyl (C=O) groups excluding carboxylic acids is 2. The molecule has 2 saturated heterocycles. The normalized spacial score (nSPS) is 50.9. The number of ether oxygens (including phenoxy) is 3. The van der Waals surface area contributed by atoms with Crippen LogP contribution in [0.25, 0.3) is 0 Å². The van der Waals surface area contributed by atoms with E-state index in [1.807, 2.05) is 6.92 Å². The van der Waals surface area contributed by atoms with Gasteiger partial charge in [0, 0.05) is 23.7 Å². The number of sulfone groups is 1. The summed E-state index contributed by atoms with van der Waals surface area (Å²) in [6.07, 6.45) is -0.517. The van der Waals surface area contributed by atoms with Crippen LogP contribution in [0.5, 0.6) is 0 Å². The number of esters is 2. The molecular formula is C20H26O9S. The topological polar surface area (TPSA) is 140 Å². The van der Waals surface area contributed by atoms with E-state index in [2.05, 4.69) is 0 Å². The van der Waals surface area contributed by atoms with Gasteiger partial charge in [-0.05, 0) is 32.3 Å². The highest BCUT2D eigenvalue weighted by Gasteiger charge is 2.85. The van der Waals surface area contributed by atoms with E-state index in [0.717, 1.165) is 6.26 Å². The van der Waals surface area contributed by atoms with E-state index in [0.29, 0.717) is 18.4 Å². The minimum Gasteiger partial charge on any atom is -0.459 e. The van der Waals surface area contributed by atoms with Gasteiger partial charge in [0.05, 0.1) is 17.3 Å². The minimum absolute atomic E-state index is 0.336. The Morgan fingerprint density at radius 3 is 2.57 bits per heavy atom. The third-order valence-corrected chi connectivity index (χ3v) is 9.10. The Bertz CT molecular complexity index is 1000. The molecule has 3 heterocycles. The number of fused-ring (bicyclic) bond motifs is 2. The molecular weight excluding hydrogens is 416 g/mol. The van der Waals surface area contributed by atoms with Crippen molar-refractivity contribution < 1.29 is 42.4 Å². The summed E-state index contributed by atoms with van der Waals surface area (Å²) in [6.45, 7) is 4.90. The maximum Gasteiger partial charge on any atom is 0.331 e. The molecule has 0 bridgehead atoms. The highest BCUT2D eigenvalue weighted by Crippen LogP contribution is 2.73. The first-order valence-electron chi connectivity index (χ1n) is 10.1. The number of hydrogen-bond acceptors (Lipinski definition) is 9. The molecule has 5 aliphatic rings. The quantitative estimate of drug-likeness (QED) is 0.437. The van der Waals surface area contributed by atoms with Crippen LogP contribution in [-0.4, -0.2) is 78.2 Å². The van der Waals surface area contributed by atoms with Crippen LogP contribution in [0.2, 0.25) is 0 Å². The first-order chi connectivity index (χ1) is 13.7. The number of epoxide rings is 1. The monoisotopic (exact) mass is 442 g/mol. The fourth-order valence-electron chi connectivity index (χ4n) is 6.90. The zero-order valence-electron chi connectivity index (χ0n) is 17.2. The van der Waals surface area contributed by atoms with Gasteiger partial charge >= 0.3 is 11.9 Å². The molecule has 30 heavy (non-hydrogen) atoms. The molecule has 0 radical (unpaired) electrons. The zero-order chi connectivity index (χ0) is 22.1. The maximum atomic E-state index is 12.8. The molecule has 1 spiro atoms. The van der Waals surface area contributed by atoms with Crippen molar-refractivity contribution >= 4 is 21.8 Å². The number of hydrogen-bond donors (Lipinski definition) is 2. The average Bonchev–Trinajstić information content (AvgIpc) is 3.26. The summed E-state index contributed by atoms with van der Waals surface area (Å²) in [6, 6.07) is 0. The van der Waals surface area contributed by atoms with E-state index in [-0.39, 0.29) is 5.97 Å². The Balaban J connectivity index is 1.69. The lowest BCUT2D eigenvalue weighted by Gasteiger charge is -2.56. The van der Waals surface area contributed by atoms with Crippen molar-refractivity contribution in [3.05, 3.63) is 11.6 Å². The van der Waals surface area contributed by atoms with Crippen LogP contribution in [0, 0.1) is 16.7 Å². The molecule has 0 aromatic heterocycles. The number of aliphatic hydroxyl groups excluding tert-OH is 1. The van der Waals surface area contributed by atoms with Crippen LogP contribution in [-0.2, 0) is 33.6 Å². The second-order valence-corrected chi connectivity index (χ2v) is 12.4. The van der Waals surface area contributed by atoms with E-state index < -0.39 is 73.9 Å². The van der Waals surface area contributed by atoms with Gasteiger partial charge in [0.25, 0.3) is 0 Å². The van der Waals surface area contributed by atoms with Gasteiger partial charge in [-0.25, -0.2) is 13.2 Å². The fourth-order valence-corrected chi connectivity index (χ4v) is 8.11. The van der Waals surface area contributed by atoms with E-state index in [1.165, 1.54) is 13.0 Å². The maximum absolute atomic E-state index is 12.8. The van der Waals surface area contributed by atoms with Gasteiger partial charge in [0.2, 0.25) is 0 Å². The van der Waals surface area contributed by atoms with E-state index >= 15 is 0 Å². The molecule has 5 rings (SSSR count). The summed E-state index contributed by atoms with van der Waals surface area (Å²) in [4.78, 5) is 25.4. The molecule has 0 amide bonds. The van der Waals surface area contributed by atoms with Crippen molar-refractivity contribution in [2.75, 3.05) is 12.0 Å². The zero-order valence-corrected chi connectivity index (χ0v) is 18.1. The number of rotatable bonds is 3. The molecule has 4 fully saturated rings. The van der Waals surface area contributed by atoms with E-state index in [9.17, 15) is 28.2 Å². The Labute approximate surface area is 174 Å². The molecule has 2 aliphatic carbocycles. The van der Waals surface area contributed by atoms with Crippen molar-refractivity contribution in [1.82, 2.24) is 0 Å². The summed E-state index contributed by atoms with van der Waals surface area (Å²) in [5, 5.41) is 22.2. The standard InChI is InChI=1S/C20H26O9S/c1-17-6-5-10(21)19(3)9-7-11(22)27-15(18(2,24)8-30(4,25)26)20(9)14(29-20)12(13(17)19)28-16(17)23/h7,10,12-15,21,24H,5-6,8H2,1-4H3/t10-,12+,13+,14-,15-,17+,18+,19+,20+/m1/s1.